The Balaban J connectivity index is 2.84. The van der Waals surface area contributed by atoms with Crippen molar-refractivity contribution >= 4 is 5.97 Å². The van der Waals surface area contributed by atoms with Crippen LogP contribution >= 0.6 is 0 Å². The second kappa shape index (κ2) is 6.40. The number of carboxylic acid groups (broad SMARTS) is 1. The van der Waals surface area contributed by atoms with Gasteiger partial charge in [-0.05, 0) is 36.0 Å². The van der Waals surface area contributed by atoms with Gasteiger partial charge in [0.2, 0.25) is 0 Å². The first-order valence-electron chi connectivity index (χ1n) is 6.11. The predicted molar refractivity (Wildman–Crippen MR) is 71.0 cm³/mol. The fourth-order valence-corrected chi connectivity index (χ4v) is 1.79. The molecule has 1 atom stereocenters. The molecule has 0 aliphatic rings. The molecule has 100 valence electrons. The lowest BCUT2D eigenvalue weighted by Crippen LogP contribution is -2.30. The van der Waals surface area contributed by atoms with Gasteiger partial charge >= 0.3 is 5.97 Å². The van der Waals surface area contributed by atoms with Crippen LogP contribution in [0.1, 0.15) is 37.3 Å². The normalized spacial score (nSPS) is 12.5. The minimum Gasteiger partial charge on any atom is -0.496 e. The van der Waals surface area contributed by atoms with Gasteiger partial charge in [0, 0.05) is 0 Å². The molecule has 0 bridgehead atoms. The van der Waals surface area contributed by atoms with Crippen molar-refractivity contribution in [1.82, 2.24) is 0 Å². The van der Waals surface area contributed by atoms with Gasteiger partial charge in [-0.15, -0.1) is 0 Å². The summed E-state index contributed by atoms with van der Waals surface area (Å²) in [6, 6.07) is 5.21. The minimum atomic E-state index is -0.964. The Hall–Kier alpha value is -1.55. The molecule has 0 radical (unpaired) electrons. The summed E-state index contributed by atoms with van der Waals surface area (Å²) in [6.07, 6.45) is 1.02. The SMILES string of the molecule is COc1ccc(C(C)C)cc1CCC(N)C(=O)O. The highest BCUT2D eigenvalue weighted by Crippen LogP contribution is 2.25. The standard InChI is InChI=1S/C14H21NO3/c1-9(2)10-5-7-13(18-3)11(8-10)4-6-12(15)14(16)17/h5,7-9,12H,4,6,15H2,1-3H3,(H,16,17). The van der Waals surface area contributed by atoms with E-state index in [1.165, 1.54) is 5.56 Å². The number of carboxylic acids is 1. The number of aryl methyl sites for hydroxylation is 1. The van der Waals surface area contributed by atoms with E-state index in [9.17, 15) is 4.79 Å². The topological polar surface area (TPSA) is 72.5 Å². The highest BCUT2D eigenvalue weighted by molar-refractivity contribution is 5.73. The summed E-state index contributed by atoms with van der Waals surface area (Å²) in [6.45, 7) is 4.24. The van der Waals surface area contributed by atoms with Crippen molar-refractivity contribution in [3.8, 4) is 5.75 Å². The average molecular weight is 251 g/mol. The lowest BCUT2D eigenvalue weighted by atomic mass is 9.97. The van der Waals surface area contributed by atoms with Gasteiger partial charge in [0.15, 0.2) is 0 Å². The molecule has 4 nitrogen and oxygen atoms in total. The smallest absolute Gasteiger partial charge is 0.320 e. The lowest BCUT2D eigenvalue weighted by Gasteiger charge is -2.13. The Bertz CT molecular complexity index is 416. The second-order valence-electron chi connectivity index (χ2n) is 4.71. The third-order valence-electron chi connectivity index (χ3n) is 3.01. The lowest BCUT2D eigenvalue weighted by molar-refractivity contribution is -0.138. The molecule has 1 rings (SSSR count). The molecular weight excluding hydrogens is 230 g/mol. The first-order valence-corrected chi connectivity index (χ1v) is 6.11. The number of carbonyl (C=O) groups is 1. The maximum absolute atomic E-state index is 10.7. The number of ether oxygens (including phenoxy) is 1. The van der Waals surface area contributed by atoms with Crippen molar-refractivity contribution in [3.05, 3.63) is 29.3 Å². The minimum absolute atomic E-state index is 0.410. The van der Waals surface area contributed by atoms with Crippen molar-refractivity contribution < 1.29 is 14.6 Å². The number of hydrogen-bond acceptors (Lipinski definition) is 3. The van der Waals surface area contributed by atoms with Crippen molar-refractivity contribution in [2.75, 3.05) is 7.11 Å². The van der Waals surface area contributed by atoms with Crippen LogP contribution in [0.15, 0.2) is 18.2 Å². The van der Waals surface area contributed by atoms with E-state index in [0.717, 1.165) is 11.3 Å². The van der Waals surface area contributed by atoms with Gasteiger partial charge < -0.3 is 15.6 Å². The summed E-state index contributed by atoms with van der Waals surface area (Å²) >= 11 is 0. The highest BCUT2D eigenvalue weighted by Gasteiger charge is 2.13. The van der Waals surface area contributed by atoms with E-state index < -0.39 is 12.0 Å². The molecule has 0 saturated carbocycles. The summed E-state index contributed by atoms with van der Waals surface area (Å²) in [4.78, 5) is 10.7. The van der Waals surface area contributed by atoms with Crippen molar-refractivity contribution in [1.29, 1.82) is 0 Å². The van der Waals surface area contributed by atoms with Crippen molar-refractivity contribution in [2.45, 2.75) is 38.6 Å². The Morgan fingerprint density at radius 3 is 2.61 bits per heavy atom. The van der Waals surface area contributed by atoms with Gasteiger partial charge in [-0.2, -0.15) is 0 Å². The Morgan fingerprint density at radius 2 is 2.11 bits per heavy atom. The van der Waals surface area contributed by atoms with Gasteiger partial charge in [0.25, 0.3) is 0 Å². The maximum atomic E-state index is 10.7. The van der Waals surface area contributed by atoms with Crippen LogP contribution in [0.2, 0.25) is 0 Å². The van der Waals surface area contributed by atoms with E-state index in [0.29, 0.717) is 18.8 Å². The molecule has 1 aromatic rings. The quantitative estimate of drug-likeness (QED) is 0.812. The van der Waals surface area contributed by atoms with Gasteiger partial charge in [-0.25, -0.2) is 0 Å². The number of benzene rings is 1. The van der Waals surface area contributed by atoms with E-state index in [-0.39, 0.29) is 0 Å². The first kappa shape index (κ1) is 14.5. The number of nitrogens with two attached hydrogens (primary N) is 1. The van der Waals surface area contributed by atoms with Crippen LogP contribution in [0.25, 0.3) is 0 Å². The van der Waals surface area contributed by atoms with Crippen LogP contribution in [0.4, 0.5) is 0 Å². The summed E-state index contributed by atoms with van der Waals surface area (Å²) in [5.41, 5.74) is 7.74. The van der Waals surface area contributed by atoms with E-state index in [1.807, 2.05) is 12.1 Å². The molecule has 0 spiro atoms. The molecule has 1 unspecified atom stereocenters. The largest absolute Gasteiger partial charge is 0.496 e. The van der Waals surface area contributed by atoms with Crippen LogP contribution in [-0.2, 0) is 11.2 Å². The zero-order valence-electron chi connectivity index (χ0n) is 11.1. The zero-order chi connectivity index (χ0) is 13.7. The molecule has 0 amide bonds. The number of aliphatic carboxylic acids is 1. The van der Waals surface area contributed by atoms with E-state index in [1.54, 1.807) is 7.11 Å². The van der Waals surface area contributed by atoms with E-state index in [2.05, 4.69) is 19.9 Å². The monoisotopic (exact) mass is 251 g/mol. The fraction of sp³-hybridized carbons (Fsp3) is 0.500. The Kier molecular flexibility index (Phi) is 5.16. The third-order valence-corrected chi connectivity index (χ3v) is 3.01. The number of rotatable bonds is 6. The van der Waals surface area contributed by atoms with Crippen LogP contribution in [0, 0.1) is 0 Å². The van der Waals surface area contributed by atoms with Crippen molar-refractivity contribution in [2.24, 2.45) is 5.73 Å². The van der Waals surface area contributed by atoms with Crippen LogP contribution in [-0.4, -0.2) is 24.2 Å². The summed E-state index contributed by atoms with van der Waals surface area (Å²) in [7, 11) is 1.62. The zero-order valence-corrected chi connectivity index (χ0v) is 11.1. The molecule has 1 aromatic carbocycles. The summed E-state index contributed by atoms with van der Waals surface area (Å²) in [5, 5.41) is 8.77. The van der Waals surface area contributed by atoms with E-state index in [4.69, 9.17) is 15.6 Å². The van der Waals surface area contributed by atoms with E-state index >= 15 is 0 Å². The van der Waals surface area contributed by atoms with Gasteiger partial charge in [0.1, 0.15) is 11.8 Å². The van der Waals surface area contributed by atoms with Crippen molar-refractivity contribution in [3.63, 3.8) is 0 Å². The molecule has 0 aliphatic carbocycles. The highest BCUT2D eigenvalue weighted by atomic mass is 16.5. The first-order chi connectivity index (χ1) is 8.45. The van der Waals surface area contributed by atoms with Crippen LogP contribution in [0.3, 0.4) is 0 Å². The van der Waals surface area contributed by atoms with Gasteiger partial charge in [0.05, 0.1) is 7.11 Å². The maximum Gasteiger partial charge on any atom is 0.320 e. The molecule has 18 heavy (non-hydrogen) atoms. The third kappa shape index (κ3) is 3.74. The van der Waals surface area contributed by atoms with Gasteiger partial charge in [-0.1, -0.05) is 26.0 Å². The molecule has 0 saturated heterocycles. The number of hydrogen-bond donors (Lipinski definition) is 2. The molecular formula is C14H21NO3. The Morgan fingerprint density at radius 1 is 1.44 bits per heavy atom. The molecule has 3 N–H and O–H groups in total. The molecule has 0 heterocycles. The average Bonchev–Trinajstić information content (AvgIpc) is 2.35. The second-order valence-corrected chi connectivity index (χ2v) is 4.71. The predicted octanol–water partition coefficient (Wildman–Crippen LogP) is 2.16. The summed E-state index contributed by atoms with van der Waals surface area (Å²) in [5.74, 6) is 0.258. The van der Waals surface area contributed by atoms with Gasteiger partial charge in [-0.3, -0.25) is 4.79 Å². The summed E-state index contributed by atoms with van der Waals surface area (Å²) < 4.78 is 5.28. The molecule has 0 fully saturated rings. The van der Waals surface area contributed by atoms with Crippen LogP contribution in [0.5, 0.6) is 5.75 Å². The molecule has 0 aliphatic heterocycles. The number of methoxy groups -OCH3 is 1. The van der Waals surface area contributed by atoms with Crippen LogP contribution < -0.4 is 10.5 Å². The molecule has 0 aromatic heterocycles. The Labute approximate surface area is 108 Å². The fourth-order valence-electron chi connectivity index (χ4n) is 1.79. The molecule has 4 heteroatoms.